The topological polar surface area (TPSA) is 21.3 Å². The van der Waals surface area contributed by atoms with Crippen LogP contribution < -0.4 is 10.1 Å². The molecule has 0 radical (unpaired) electrons. The van der Waals surface area contributed by atoms with E-state index in [2.05, 4.69) is 5.32 Å². The van der Waals surface area contributed by atoms with Crippen LogP contribution in [-0.4, -0.2) is 20.1 Å². The maximum atomic E-state index is 13.0. The number of alkyl halides is 2. The largest absolute Gasteiger partial charge is 0.497 e. The summed E-state index contributed by atoms with van der Waals surface area (Å²) in [5.74, 6) is -0.158. The van der Waals surface area contributed by atoms with E-state index in [1.807, 2.05) is 0 Å². The normalized spacial score (nSPS) is 10.4. The fourth-order valence-corrected chi connectivity index (χ4v) is 0.954. The van der Waals surface area contributed by atoms with E-state index in [0.29, 0.717) is 5.75 Å². The molecule has 14 heavy (non-hydrogen) atoms. The smallest absolute Gasteiger partial charge is 0.255 e. The summed E-state index contributed by atoms with van der Waals surface area (Å²) in [7, 11) is 1.42. The highest BCUT2D eigenvalue weighted by Gasteiger charge is 2.06. The summed E-state index contributed by atoms with van der Waals surface area (Å²) < 4.78 is 41.5. The first-order valence-electron chi connectivity index (χ1n) is 3.99. The van der Waals surface area contributed by atoms with Crippen LogP contribution in [0.1, 0.15) is 0 Å². The molecule has 1 aromatic carbocycles. The second-order valence-corrected chi connectivity index (χ2v) is 2.62. The molecule has 0 aromatic heterocycles. The van der Waals surface area contributed by atoms with Crippen LogP contribution in [0.25, 0.3) is 0 Å². The van der Waals surface area contributed by atoms with Crippen molar-refractivity contribution in [3.63, 3.8) is 0 Å². The summed E-state index contributed by atoms with van der Waals surface area (Å²) in [4.78, 5) is 0. The van der Waals surface area contributed by atoms with Gasteiger partial charge in [0.05, 0.1) is 19.3 Å². The Kier molecular flexibility index (Phi) is 3.62. The van der Waals surface area contributed by atoms with Gasteiger partial charge in [-0.3, -0.25) is 0 Å². The van der Waals surface area contributed by atoms with Crippen LogP contribution in [0.3, 0.4) is 0 Å². The van der Waals surface area contributed by atoms with Gasteiger partial charge in [-0.2, -0.15) is 0 Å². The molecule has 5 heteroatoms. The minimum absolute atomic E-state index is 0.0182. The Balaban J connectivity index is 2.73. The monoisotopic (exact) mass is 205 g/mol. The van der Waals surface area contributed by atoms with Crippen LogP contribution in [0.15, 0.2) is 18.2 Å². The molecule has 0 atom stereocenters. The highest BCUT2D eigenvalue weighted by Crippen LogP contribution is 2.20. The van der Waals surface area contributed by atoms with E-state index in [4.69, 9.17) is 4.74 Å². The van der Waals surface area contributed by atoms with E-state index in [1.165, 1.54) is 19.2 Å². The van der Waals surface area contributed by atoms with Crippen molar-refractivity contribution < 1.29 is 17.9 Å². The molecule has 0 aliphatic heterocycles. The lowest BCUT2D eigenvalue weighted by atomic mass is 10.3. The van der Waals surface area contributed by atoms with E-state index in [1.54, 1.807) is 0 Å². The molecule has 0 heterocycles. The van der Waals surface area contributed by atoms with Crippen molar-refractivity contribution in [2.24, 2.45) is 0 Å². The van der Waals surface area contributed by atoms with Gasteiger partial charge in [-0.15, -0.1) is 0 Å². The second-order valence-electron chi connectivity index (χ2n) is 2.62. The maximum Gasteiger partial charge on any atom is 0.255 e. The van der Waals surface area contributed by atoms with E-state index in [-0.39, 0.29) is 5.69 Å². The number of halogens is 3. The highest BCUT2D eigenvalue weighted by molar-refractivity contribution is 5.49. The number of rotatable bonds is 4. The Morgan fingerprint density at radius 1 is 1.43 bits per heavy atom. The molecule has 0 fully saturated rings. The fourth-order valence-electron chi connectivity index (χ4n) is 0.954. The molecule has 0 saturated heterocycles. The molecule has 0 unspecified atom stereocenters. The number of hydrogen-bond donors (Lipinski definition) is 1. The molecule has 0 spiro atoms. The highest BCUT2D eigenvalue weighted by atomic mass is 19.3. The Morgan fingerprint density at radius 3 is 2.71 bits per heavy atom. The van der Waals surface area contributed by atoms with Gasteiger partial charge in [0.15, 0.2) is 0 Å². The molecule has 0 aliphatic rings. The number of hydrogen-bond acceptors (Lipinski definition) is 2. The number of anilines is 1. The molecule has 1 aromatic rings. The van der Waals surface area contributed by atoms with Crippen LogP contribution in [0.2, 0.25) is 0 Å². The third-order valence-electron chi connectivity index (χ3n) is 1.62. The third kappa shape index (κ3) is 2.83. The predicted molar refractivity (Wildman–Crippen MR) is 47.4 cm³/mol. The zero-order chi connectivity index (χ0) is 10.6. The summed E-state index contributed by atoms with van der Waals surface area (Å²) in [6, 6.07) is 3.91. The van der Waals surface area contributed by atoms with Gasteiger partial charge in [-0.25, -0.2) is 13.2 Å². The van der Waals surface area contributed by atoms with Gasteiger partial charge in [-0.05, 0) is 12.1 Å². The van der Waals surface area contributed by atoms with Gasteiger partial charge in [0.2, 0.25) is 0 Å². The number of methoxy groups -OCH3 is 1. The van der Waals surface area contributed by atoms with Gasteiger partial charge in [-0.1, -0.05) is 0 Å². The molecule has 0 saturated carbocycles. The summed E-state index contributed by atoms with van der Waals surface area (Å²) >= 11 is 0. The van der Waals surface area contributed by atoms with Crippen LogP contribution >= 0.6 is 0 Å². The summed E-state index contributed by atoms with van der Waals surface area (Å²) in [6.45, 7) is -0.579. The van der Waals surface area contributed by atoms with Crippen molar-refractivity contribution in [3.05, 3.63) is 24.0 Å². The van der Waals surface area contributed by atoms with E-state index < -0.39 is 18.8 Å². The summed E-state index contributed by atoms with van der Waals surface area (Å²) in [5.41, 5.74) is 0.0182. The SMILES string of the molecule is COc1ccc(F)c(NCC(F)F)c1. The van der Waals surface area contributed by atoms with Gasteiger partial charge in [0.25, 0.3) is 6.43 Å². The Morgan fingerprint density at radius 2 is 2.14 bits per heavy atom. The quantitative estimate of drug-likeness (QED) is 0.815. The average Bonchev–Trinajstić information content (AvgIpc) is 2.16. The van der Waals surface area contributed by atoms with Crippen LogP contribution in [0.5, 0.6) is 5.75 Å². The number of nitrogens with one attached hydrogen (secondary N) is 1. The van der Waals surface area contributed by atoms with Crippen molar-refractivity contribution in [1.82, 2.24) is 0 Å². The van der Waals surface area contributed by atoms with Gasteiger partial charge < -0.3 is 10.1 Å². The fraction of sp³-hybridized carbons (Fsp3) is 0.333. The van der Waals surface area contributed by atoms with Crippen molar-refractivity contribution in [2.75, 3.05) is 19.0 Å². The minimum Gasteiger partial charge on any atom is -0.497 e. The first-order valence-corrected chi connectivity index (χ1v) is 3.99. The molecule has 0 bridgehead atoms. The molecule has 1 N–H and O–H groups in total. The molecule has 0 amide bonds. The Labute approximate surface area is 79.7 Å². The van der Waals surface area contributed by atoms with Gasteiger partial charge >= 0.3 is 0 Å². The summed E-state index contributed by atoms with van der Waals surface area (Å²) in [5, 5.41) is 2.28. The van der Waals surface area contributed by atoms with E-state index >= 15 is 0 Å². The van der Waals surface area contributed by atoms with E-state index in [0.717, 1.165) is 6.07 Å². The molecule has 0 aliphatic carbocycles. The van der Waals surface area contributed by atoms with Crippen LogP contribution in [0.4, 0.5) is 18.9 Å². The second kappa shape index (κ2) is 4.74. The lowest BCUT2D eigenvalue weighted by molar-refractivity contribution is 0.163. The summed E-state index contributed by atoms with van der Waals surface area (Å²) in [6.07, 6.45) is -2.51. The first-order chi connectivity index (χ1) is 6.63. The average molecular weight is 205 g/mol. The zero-order valence-corrected chi connectivity index (χ0v) is 7.56. The van der Waals surface area contributed by atoms with Crippen molar-refractivity contribution in [2.45, 2.75) is 6.43 Å². The zero-order valence-electron chi connectivity index (χ0n) is 7.56. The third-order valence-corrected chi connectivity index (χ3v) is 1.62. The van der Waals surface area contributed by atoms with Gasteiger partial charge in [0, 0.05) is 6.07 Å². The van der Waals surface area contributed by atoms with E-state index in [9.17, 15) is 13.2 Å². The van der Waals surface area contributed by atoms with Gasteiger partial charge in [0.1, 0.15) is 11.6 Å². The van der Waals surface area contributed by atoms with Crippen molar-refractivity contribution >= 4 is 5.69 Å². The lowest BCUT2D eigenvalue weighted by Crippen LogP contribution is -2.11. The van der Waals surface area contributed by atoms with Crippen LogP contribution in [0, 0.1) is 5.82 Å². The molecular formula is C9H10F3NO. The molecule has 78 valence electrons. The molecule has 1 rings (SSSR count). The van der Waals surface area contributed by atoms with Crippen molar-refractivity contribution in [3.8, 4) is 5.75 Å². The number of benzene rings is 1. The number of ether oxygens (including phenoxy) is 1. The Hall–Kier alpha value is -1.39. The minimum atomic E-state index is -2.51. The lowest BCUT2D eigenvalue weighted by Gasteiger charge is -2.08. The van der Waals surface area contributed by atoms with Crippen molar-refractivity contribution in [1.29, 1.82) is 0 Å². The first kappa shape index (κ1) is 10.7. The maximum absolute atomic E-state index is 13.0. The molecule has 2 nitrogen and oxygen atoms in total. The predicted octanol–water partition coefficient (Wildman–Crippen LogP) is 2.51. The standard InChI is InChI=1S/C9H10F3NO/c1-14-6-2-3-7(10)8(4-6)13-5-9(11)12/h2-4,9,13H,5H2,1H3. The Bertz CT molecular complexity index is 304. The van der Waals surface area contributed by atoms with Crippen LogP contribution in [-0.2, 0) is 0 Å². The molecular weight excluding hydrogens is 195 g/mol.